The fourth-order valence-electron chi connectivity index (χ4n) is 1.31. The number of nitrogens with one attached hydrogen (secondary N) is 2. The van der Waals surface area contributed by atoms with E-state index in [-0.39, 0.29) is 10.8 Å². The molecule has 0 aliphatic rings. The molecular formula is C9H17N3O5S2. The smallest absolute Gasteiger partial charge is 0.273 e. The summed E-state index contributed by atoms with van der Waals surface area (Å²) in [5, 5.41) is 7.62. The van der Waals surface area contributed by atoms with Crippen LogP contribution in [-0.4, -0.2) is 36.2 Å². The van der Waals surface area contributed by atoms with Gasteiger partial charge in [-0.25, -0.2) is 26.7 Å². The average molecular weight is 311 g/mol. The molecule has 1 heterocycles. The first kappa shape index (κ1) is 16.1. The van der Waals surface area contributed by atoms with Crippen LogP contribution in [0.5, 0.6) is 0 Å². The maximum atomic E-state index is 11.4. The molecule has 19 heavy (non-hydrogen) atoms. The van der Waals surface area contributed by atoms with E-state index in [1.165, 1.54) is 19.2 Å². The molecule has 0 atom stereocenters. The van der Waals surface area contributed by atoms with Crippen molar-refractivity contribution in [2.75, 3.05) is 19.3 Å². The molecule has 0 saturated heterocycles. The van der Waals surface area contributed by atoms with Crippen molar-refractivity contribution < 1.29 is 21.3 Å². The van der Waals surface area contributed by atoms with Gasteiger partial charge in [0, 0.05) is 0 Å². The summed E-state index contributed by atoms with van der Waals surface area (Å²) in [6.45, 7) is 0.745. The van der Waals surface area contributed by atoms with Gasteiger partial charge in [-0.15, -0.1) is 0 Å². The van der Waals surface area contributed by atoms with Crippen molar-refractivity contribution >= 4 is 20.0 Å². The van der Waals surface area contributed by atoms with Crippen LogP contribution in [0.15, 0.2) is 21.6 Å². The Kier molecular flexibility index (Phi) is 5.50. The standard InChI is InChI=1S/C9H17N3O5S2/c1-11-19(15,16)9-4-3-8(17-9)7-12-5-2-6-18(10,13)14/h3-4,11-12H,2,5-7H2,1H3,(H2,10,13,14). The van der Waals surface area contributed by atoms with Crippen LogP contribution >= 0.6 is 0 Å². The van der Waals surface area contributed by atoms with Gasteiger partial charge >= 0.3 is 0 Å². The molecule has 0 spiro atoms. The van der Waals surface area contributed by atoms with Crippen LogP contribution in [0.4, 0.5) is 0 Å². The van der Waals surface area contributed by atoms with Gasteiger partial charge in [0.2, 0.25) is 15.1 Å². The minimum absolute atomic E-state index is 0.0997. The Balaban J connectivity index is 2.40. The second-order valence-corrected chi connectivity index (χ2v) is 7.38. The zero-order valence-electron chi connectivity index (χ0n) is 10.4. The van der Waals surface area contributed by atoms with Crippen LogP contribution in [-0.2, 0) is 26.6 Å². The third-order valence-electron chi connectivity index (χ3n) is 2.25. The number of nitrogens with two attached hydrogens (primary N) is 1. The second kappa shape index (κ2) is 6.48. The third-order valence-corrected chi connectivity index (χ3v) is 4.40. The fraction of sp³-hybridized carbons (Fsp3) is 0.556. The van der Waals surface area contributed by atoms with Crippen LogP contribution in [0.3, 0.4) is 0 Å². The van der Waals surface area contributed by atoms with Gasteiger partial charge in [-0.05, 0) is 32.1 Å². The van der Waals surface area contributed by atoms with Crippen LogP contribution in [0, 0.1) is 0 Å². The summed E-state index contributed by atoms with van der Waals surface area (Å²) in [5.41, 5.74) is 0. The zero-order valence-corrected chi connectivity index (χ0v) is 12.1. The summed E-state index contributed by atoms with van der Waals surface area (Å²) >= 11 is 0. The van der Waals surface area contributed by atoms with Crippen LogP contribution < -0.4 is 15.2 Å². The lowest BCUT2D eigenvalue weighted by molar-refractivity contribution is 0.401. The normalized spacial score (nSPS) is 12.7. The fourth-order valence-corrected chi connectivity index (χ4v) is 2.52. The molecule has 0 bridgehead atoms. The highest BCUT2D eigenvalue weighted by molar-refractivity contribution is 7.89. The summed E-state index contributed by atoms with van der Waals surface area (Å²) in [5.74, 6) is 0.349. The molecule has 0 aliphatic carbocycles. The number of primary sulfonamides is 1. The molecule has 8 nitrogen and oxygen atoms in total. The van der Waals surface area contributed by atoms with E-state index in [1.54, 1.807) is 0 Å². The minimum Gasteiger partial charge on any atom is -0.447 e. The van der Waals surface area contributed by atoms with E-state index >= 15 is 0 Å². The number of sulfonamides is 2. The van der Waals surface area contributed by atoms with Crippen molar-refractivity contribution in [3.8, 4) is 0 Å². The van der Waals surface area contributed by atoms with Gasteiger partial charge < -0.3 is 9.73 Å². The van der Waals surface area contributed by atoms with Gasteiger partial charge in [0.25, 0.3) is 10.0 Å². The van der Waals surface area contributed by atoms with Gasteiger partial charge in [0.05, 0.1) is 12.3 Å². The van der Waals surface area contributed by atoms with E-state index in [0.717, 1.165) is 0 Å². The van der Waals surface area contributed by atoms with Gasteiger partial charge in [-0.3, -0.25) is 0 Å². The van der Waals surface area contributed by atoms with Gasteiger partial charge in [-0.2, -0.15) is 0 Å². The summed E-state index contributed by atoms with van der Waals surface area (Å²) in [6.07, 6.45) is 0.376. The van der Waals surface area contributed by atoms with E-state index in [4.69, 9.17) is 9.56 Å². The molecule has 0 radical (unpaired) electrons. The van der Waals surface area contributed by atoms with Crippen LogP contribution in [0.1, 0.15) is 12.2 Å². The van der Waals surface area contributed by atoms with Gasteiger partial charge in [0.15, 0.2) is 0 Å². The Labute approximate surface area is 112 Å². The molecule has 1 aromatic heterocycles. The molecule has 0 aromatic carbocycles. The van der Waals surface area contributed by atoms with Crippen molar-refractivity contribution in [3.05, 3.63) is 17.9 Å². The molecule has 1 rings (SSSR count). The van der Waals surface area contributed by atoms with E-state index in [2.05, 4.69) is 10.0 Å². The SMILES string of the molecule is CNS(=O)(=O)c1ccc(CNCCCS(N)(=O)=O)o1. The quantitative estimate of drug-likeness (QED) is 0.525. The third kappa shape index (κ3) is 5.70. The van der Waals surface area contributed by atoms with Crippen molar-refractivity contribution in [3.63, 3.8) is 0 Å². The van der Waals surface area contributed by atoms with Crippen molar-refractivity contribution in [2.24, 2.45) is 5.14 Å². The largest absolute Gasteiger partial charge is 0.447 e. The molecule has 0 fully saturated rings. The minimum atomic E-state index is -3.57. The summed E-state index contributed by atoms with van der Waals surface area (Å²) in [7, 11) is -5.72. The monoisotopic (exact) mass is 311 g/mol. The van der Waals surface area contributed by atoms with Crippen molar-refractivity contribution in [2.45, 2.75) is 18.1 Å². The maximum Gasteiger partial charge on any atom is 0.273 e. The van der Waals surface area contributed by atoms with Gasteiger partial charge in [-0.1, -0.05) is 0 Å². The predicted octanol–water partition coefficient (Wildman–Crippen LogP) is -1.04. The highest BCUT2D eigenvalue weighted by Gasteiger charge is 2.15. The molecule has 0 saturated carbocycles. The lowest BCUT2D eigenvalue weighted by atomic mass is 10.4. The number of hydrogen-bond acceptors (Lipinski definition) is 6. The molecule has 10 heteroatoms. The van der Waals surface area contributed by atoms with E-state index in [0.29, 0.717) is 25.3 Å². The first-order chi connectivity index (χ1) is 8.74. The lowest BCUT2D eigenvalue weighted by Crippen LogP contribution is -2.22. The number of hydrogen-bond donors (Lipinski definition) is 3. The van der Waals surface area contributed by atoms with Crippen LogP contribution in [0.25, 0.3) is 0 Å². The van der Waals surface area contributed by atoms with Crippen LogP contribution in [0.2, 0.25) is 0 Å². The summed E-state index contributed by atoms with van der Waals surface area (Å²) < 4.78 is 51.4. The van der Waals surface area contributed by atoms with E-state index in [9.17, 15) is 16.8 Å². The molecule has 110 valence electrons. The Morgan fingerprint density at radius 1 is 1.26 bits per heavy atom. The van der Waals surface area contributed by atoms with Gasteiger partial charge in [0.1, 0.15) is 5.76 Å². The van der Waals surface area contributed by atoms with E-state index < -0.39 is 20.0 Å². The van der Waals surface area contributed by atoms with Crippen molar-refractivity contribution in [1.82, 2.24) is 10.0 Å². The first-order valence-corrected chi connectivity index (χ1v) is 8.68. The summed E-state index contributed by atoms with van der Waals surface area (Å²) in [6, 6.07) is 2.89. The molecule has 1 aromatic rings. The highest BCUT2D eigenvalue weighted by Crippen LogP contribution is 2.12. The first-order valence-electron chi connectivity index (χ1n) is 5.48. The Bertz CT molecular complexity index is 606. The van der Waals surface area contributed by atoms with E-state index in [1.807, 2.05) is 0 Å². The zero-order chi connectivity index (χ0) is 14.5. The molecule has 0 aliphatic heterocycles. The number of rotatable bonds is 8. The Hall–Kier alpha value is -0.940. The summed E-state index contributed by atoms with van der Waals surface area (Å²) in [4.78, 5) is 0. The lowest BCUT2D eigenvalue weighted by Gasteiger charge is -2.02. The average Bonchev–Trinajstić information content (AvgIpc) is 2.76. The molecule has 4 N–H and O–H groups in total. The Morgan fingerprint density at radius 2 is 1.95 bits per heavy atom. The molecular weight excluding hydrogens is 294 g/mol. The highest BCUT2D eigenvalue weighted by atomic mass is 32.2. The predicted molar refractivity (Wildman–Crippen MR) is 69.3 cm³/mol. The number of furan rings is 1. The second-order valence-electron chi connectivity index (χ2n) is 3.83. The molecule has 0 unspecified atom stereocenters. The van der Waals surface area contributed by atoms with Crippen molar-refractivity contribution in [1.29, 1.82) is 0 Å². The topological polar surface area (TPSA) is 132 Å². The molecule has 0 amide bonds. The maximum absolute atomic E-state index is 11.4. The Morgan fingerprint density at radius 3 is 2.53 bits per heavy atom.